The zero-order valence-electron chi connectivity index (χ0n) is 14.0. The van der Waals surface area contributed by atoms with Crippen LogP contribution in [0.5, 0.6) is 0 Å². The lowest BCUT2D eigenvalue weighted by atomic mass is 10.1. The van der Waals surface area contributed by atoms with E-state index in [1.165, 1.54) is 24.3 Å². The highest BCUT2D eigenvalue weighted by Crippen LogP contribution is 2.11. The molecule has 1 heterocycles. The zero-order chi connectivity index (χ0) is 18.4. The smallest absolute Gasteiger partial charge is 0.245 e. The number of aliphatic imine (C=N–C) groups is 1. The molecular formula is C19H19FN4O2. The third-order valence-corrected chi connectivity index (χ3v) is 3.89. The summed E-state index contributed by atoms with van der Waals surface area (Å²) >= 11 is 0. The Morgan fingerprint density at radius 2 is 1.88 bits per heavy atom. The molecule has 1 atom stereocenters. The van der Waals surface area contributed by atoms with Gasteiger partial charge in [-0.2, -0.15) is 0 Å². The third kappa shape index (κ3) is 4.89. The summed E-state index contributed by atoms with van der Waals surface area (Å²) in [5, 5.41) is 8.26. The summed E-state index contributed by atoms with van der Waals surface area (Å²) in [6, 6.07) is 14.6. The molecule has 0 aliphatic carbocycles. The standard InChI is InChI=1S/C19H19FN4O2/c20-14-6-8-15(9-7-14)22-19-23-16(12-17(25)24-19)18(26)21-11-10-13-4-2-1-3-5-13/h1-9,16H,10-12H2,(H,21,26)(H2,22,23,24,25)/t16-/m0/s1. The molecule has 0 unspecified atom stereocenters. The van der Waals surface area contributed by atoms with Gasteiger partial charge in [-0.15, -0.1) is 0 Å². The molecule has 2 aromatic rings. The summed E-state index contributed by atoms with van der Waals surface area (Å²) in [7, 11) is 0. The van der Waals surface area contributed by atoms with Gasteiger partial charge in [0, 0.05) is 12.2 Å². The molecule has 3 N–H and O–H groups in total. The van der Waals surface area contributed by atoms with Gasteiger partial charge in [0.1, 0.15) is 11.9 Å². The molecule has 0 saturated heterocycles. The van der Waals surface area contributed by atoms with Crippen molar-refractivity contribution in [2.75, 3.05) is 11.9 Å². The van der Waals surface area contributed by atoms with Gasteiger partial charge in [-0.3, -0.25) is 14.9 Å². The number of rotatable bonds is 5. The normalized spacial score (nSPS) is 16.4. The van der Waals surface area contributed by atoms with E-state index < -0.39 is 6.04 Å². The summed E-state index contributed by atoms with van der Waals surface area (Å²) in [5.41, 5.74) is 1.69. The largest absolute Gasteiger partial charge is 0.354 e. The first-order valence-corrected chi connectivity index (χ1v) is 8.32. The van der Waals surface area contributed by atoms with E-state index in [0.29, 0.717) is 18.7 Å². The van der Waals surface area contributed by atoms with Crippen molar-refractivity contribution in [2.45, 2.75) is 18.9 Å². The van der Waals surface area contributed by atoms with Crippen LogP contribution in [0.4, 0.5) is 10.1 Å². The Morgan fingerprint density at radius 1 is 1.15 bits per heavy atom. The number of carbonyl (C=O) groups is 2. The lowest BCUT2D eigenvalue weighted by molar-refractivity contribution is -0.127. The predicted octanol–water partition coefficient (Wildman–Crippen LogP) is 1.84. The Morgan fingerprint density at radius 3 is 2.62 bits per heavy atom. The Kier molecular flexibility index (Phi) is 5.58. The van der Waals surface area contributed by atoms with Crippen molar-refractivity contribution in [3.8, 4) is 0 Å². The van der Waals surface area contributed by atoms with Gasteiger partial charge in [0.15, 0.2) is 0 Å². The third-order valence-electron chi connectivity index (χ3n) is 3.89. The van der Waals surface area contributed by atoms with Crippen LogP contribution < -0.4 is 16.0 Å². The van der Waals surface area contributed by atoms with Crippen LogP contribution in [-0.2, 0) is 16.0 Å². The fraction of sp³-hybridized carbons (Fsp3) is 0.211. The first-order valence-electron chi connectivity index (χ1n) is 8.32. The molecule has 0 fully saturated rings. The number of hydrogen-bond acceptors (Lipinski definition) is 4. The molecule has 1 aliphatic heterocycles. The number of guanidine groups is 1. The van der Waals surface area contributed by atoms with Gasteiger partial charge in [-0.05, 0) is 36.2 Å². The average molecular weight is 354 g/mol. The van der Waals surface area contributed by atoms with Gasteiger partial charge in [-0.25, -0.2) is 9.38 Å². The van der Waals surface area contributed by atoms with Crippen LogP contribution in [-0.4, -0.2) is 30.4 Å². The van der Waals surface area contributed by atoms with Crippen LogP contribution >= 0.6 is 0 Å². The van der Waals surface area contributed by atoms with Crippen molar-refractivity contribution in [3.63, 3.8) is 0 Å². The Balaban J connectivity index is 1.57. The fourth-order valence-corrected chi connectivity index (χ4v) is 2.57. The number of anilines is 1. The second kappa shape index (κ2) is 8.24. The molecule has 1 aliphatic rings. The number of amides is 2. The van der Waals surface area contributed by atoms with Gasteiger partial charge in [0.2, 0.25) is 17.8 Å². The highest BCUT2D eigenvalue weighted by Gasteiger charge is 2.26. The van der Waals surface area contributed by atoms with Crippen LogP contribution in [0, 0.1) is 5.82 Å². The van der Waals surface area contributed by atoms with E-state index >= 15 is 0 Å². The molecular weight excluding hydrogens is 335 g/mol. The monoisotopic (exact) mass is 354 g/mol. The molecule has 134 valence electrons. The number of benzene rings is 2. The van der Waals surface area contributed by atoms with E-state index in [-0.39, 0.29) is 30.0 Å². The minimum atomic E-state index is -0.789. The predicted molar refractivity (Wildman–Crippen MR) is 97.2 cm³/mol. The lowest BCUT2D eigenvalue weighted by Crippen LogP contribution is -2.47. The number of nitrogens with zero attached hydrogens (tertiary/aromatic N) is 1. The van der Waals surface area contributed by atoms with E-state index in [9.17, 15) is 14.0 Å². The molecule has 26 heavy (non-hydrogen) atoms. The highest BCUT2D eigenvalue weighted by molar-refractivity contribution is 6.08. The van der Waals surface area contributed by atoms with E-state index in [4.69, 9.17) is 0 Å². The van der Waals surface area contributed by atoms with Crippen LogP contribution in [0.2, 0.25) is 0 Å². The van der Waals surface area contributed by atoms with Gasteiger partial charge < -0.3 is 10.6 Å². The number of nitrogens with one attached hydrogen (secondary N) is 3. The maximum absolute atomic E-state index is 13.0. The molecule has 6 nitrogen and oxygen atoms in total. The van der Waals surface area contributed by atoms with Gasteiger partial charge in [0.05, 0.1) is 6.42 Å². The Labute approximate surface area is 150 Å². The molecule has 3 rings (SSSR count). The van der Waals surface area contributed by atoms with Crippen LogP contribution in [0.15, 0.2) is 59.6 Å². The van der Waals surface area contributed by atoms with E-state index in [1.807, 2.05) is 30.3 Å². The van der Waals surface area contributed by atoms with Crippen LogP contribution in [0.3, 0.4) is 0 Å². The summed E-state index contributed by atoms with van der Waals surface area (Å²) in [6.07, 6.45) is 0.696. The van der Waals surface area contributed by atoms with Crippen molar-refractivity contribution in [2.24, 2.45) is 4.99 Å². The van der Waals surface area contributed by atoms with Crippen molar-refractivity contribution in [1.29, 1.82) is 0 Å². The van der Waals surface area contributed by atoms with Crippen molar-refractivity contribution in [1.82, 2.24) is 10.6 Å². The van der Waals surface area contributed by atoms with Crippen molar-refractivity contribution < 1.29 is 14.0 Å². The van der Waals surface area contributed by atoms with Gasteiger partial charge in [0.25, 0.3) is 0 Å². The van der Waals surface area contributed by atoms with Gasteiger partial charge >= 0.3 is 0 Å². The molecule has 0 radical (unpaired) electrons. The maximum Gasteiger partial charge on any atom is 0.245 e. The van der Waals surface area contributed by atoms with E-state index in [1.54, 1.807) is 0 Å². The van der Waals surface area contributed by atoms with Gasteiger partial charge in [-0.1, -0.05) is 30.3 Å². The van der Waals surface area contributed by atoms with Crippen molar-refractivity contribution >= 4 is 23.5 Å². The minimum Gasteiger partial charge on any atom is -0.354 e. The molecule has 0 spiro atoms. The number of carbonyl (C=O) groups excluding carboxylic acids is 2. The number of hydrogen-bond donors (Lipinski definition) is 3. The second-order valence-corrected chi connectivity index (χ2v) is 5.90. The Hall–Kier alpha value is -3.22. The Bertz CT molecular complexity index is 806. The lowest BCUT2D eigenvalue weighted by Gasteiger charge is -2.21. The summed E-state index contributed by atoms with van der Waals surface area (Å²) < 4.78 is 13.0. The second-order valence-electron chi connectivity index (χ2n) is 5.90. The first kappa shape index (κ1) is 17.6. The molecule has 0 saturated carbocycles. The molecule has 7 heteroatoms. The van der Waals surface area contributed by atoms with Crippen LogP contribution in [0.25, 0.3) is 0 Å². The number of halogens is 1. The van der Waals surface area contributed by atoms with E-state index in [0.717, 1.165) is 5.56 Å². The zero-order valence-corrected chi connectivity index (χ0v) is 14.0. The van der Waals surface area contributed by atoms with Crippen molar-refractivity contribution in [3.05, 3.63) is 66.0 Å². The summed E-state index contributed by atoms with van der Waals surface area (Å²) in [5.74, 6) is -0.779. The molecule has 2 aromatic carbocycles. The first-order chi connectivity index (χ1) is 12.6. The van der Waals surface area contributed by atoms with Crippen LogP contribution in [0.1, 0.15) is 12.0 Å². The molecule has 0 bridgehead atoms. The average Bonchev–Trinajstić information content (AvgIpc) is 2.64. The fourth-order valence-electron chi connectivity index (χ4n) is 2.57. The maximum atomic E-state index is 13.0. The summed E-state index contributed by atoms with van der Waals surface area (Å²) in [4.78, 5) is 28.4. The topological polar surface area (TPSA) is 82.6 Å². The molecule has 0 aromatic heterocycles. The summed E-state index contributed by atoms with van der Waals surface area (Å²) in [6.45, 7) is 0.469. The quantitative estimate of drug-likeness (QED) is 0.766. The SMILES string of the molecule is O=C1C[C@@H](C(=O)NCCc2ccccc2)N=C(Nc2ccc(F)cc2)N1. The van der Waals surface area contributed by atoms with E-state index in [2.05, 4.69) is 20.9 Å². The minimum absolute atomic E-state index is 0.00817. The molecule has 2 amide bonds. The highest BCUT2D eigenvalue weighted by atomic mass is 19.1.